The lowest BCUT2D eigenvalue weighted by molar-refractivity contribution is 0.288. The maximum Gasteiger partial charge on any atom is 0.321 e. The summed E-state index contributed by atoms with van der Waals surface area (Å²) in [6.45, 7) is 2.38. The largest absolute Gasteiger partial charge is 0.463 e. The van der Waals surface area contributed by atoms with Crippen molar-refractivity contribution in [2.24, 2.45) is 0 Å². The van der Waals surface area contributed by atoms with E-state index >= 15 is 0 Å². The van der Waals surface area contributed by atoms with Crippen molar-refractivity contribution in [3.8, 4) is 6.01 Å². The molecule has 1 aromatic heterocycles. The molecule has 1 aromatic carbocycles. The fourth-order valence-electron chi connectivity index (χ4n) is 1.27. The summed E-state index contributed by atoms with van der Waals surface area (Å²) in [7, 11) is 0. The van der Waals surface area contributed by atoms with Gasteiger partial charge < -0.3 is 4.74 Å². The molecule has 0 N–H and O–H groups in total. The lowest BCUT2D eigenvalue weighted by Gasteiger charge is -2.05. The van der Waals surface area contributed by atoms with E-state index < -0.39 is 11.6 Å². The number of nitrogens with zero attached hydrogens (tertiary/aromatic N) is 3. The van der Waals surface area contributed by atoms with E-state index in [1.165, 1.54) is 6.07 Å². The summed E-state index contributed by atoms with van der Waals surface area (Å²) in [5.74, 6) is -1.34. The quantitative estimate of drug-likeness (QED) is 0.840. The Labute approximate surface area is 123 Å². The first kappa shape index (κ1) is 14.9. The van der Waals surface area contributed by atoms with Crippen molar-refractivity contribution in [3.63, 3.8) is 0 Å². The molecule has 106 valence electrons. The highest BCUT2D eigenvalue weighted by atomic mass is 35.5. The predicted molar refractivity (Wildman–Crippen MR) is 71.1 cm³/mol. The zero-order valence-electron chi connectivity index (χ0n) is 10.4. The van der Waals surface area contributed by atoms with Gasteiger partial charge in [0.1, 0.15) is 11.6 Å². The number of ether oxygens (including phenoxy) is 1. The Balaban J connectivity index is 2.21. The zero-order chi connectivity index (χ0) is 14.5. The van der Waals surface area contributed by atoms with Crippen LogP contribution in [0.4, 0.5) is 8.78 Å². The highest BCUT2D eigenvalue weighted by molar-refractivity contribution is 7.99. The van der Waals surface area contributed by atoms with Gasteiger partial charge in [0.25, 0.3) is 0 Å². The summed E-state index contributed by atoms with van der Waals surface area (Å²) in [5, 5.41) is 0.137. The molecule has 2 rings (SSSR count). The minimum atomic E-state index is -0.692. The van der Waals surface area contributed by atoms with Gasteiger partial charge in [0.15, 0.2) is 5.16 Å². The lowest BCUT2D eigenvalue weighted by atomic mass is 10.3. The van der Waals surface area contributed by atoms with Crippen LogP contribution in [-0.2, 0) is 0 Å². The lowest BCUT2D eigenvalue weighted by Crippen LogP contribution is -2.02. The first-order chi connectivity index (χ1) is 9.58. The molecule has 2 aromatic rings. The number of hydrogen-bond acceptors (Lipinski definition) is 5. The molecule has 0 aliphatic rings. The highest BCUT2D eigenvalue weighted by Crippen LogP contribution is 2.28. The second-order valence-electron chi connectivity index (χ2n) is 3.69. The van der Waals surface area contributed by atoms with Crippen molar-refractivity contribution < 1.29 is 13.5 Å². The van der Waals surface area contributed by atoms with E-state index in [2.05, 4.69) is 15.0 Å². The second kappa shape index (κ2) is 6.81. The Bertz CT molecular complexity index is 615. The summed E-state index contributed by atoms with van der Waals surface area (Å²) in [4.78, 5) is 11.9. The molecule has 0 fully saturated rings. The van der Waals surface area contributed by atoms with Crippen LogP contribution in [0, 0.1) is 11.6 Å². The SMILES string of the molecule is CCCOc1nc(Cl)nc(Sc2ccc(F)cc2F)n1. The molecule has 20 heavy (non-hydrogen) atoms. The molecule has 0 bridgehead atoms. The van der Waals surface area contributed by atoms with Gasteiger partial charge in [-0.05, 0) is 41.9 Å². The summed E-state index contributed by atoms with van der Waals surface area (Å²) in [6, 6.07) is 3.33. The molecule has 0 atom stereocenters. The van der Waals surface area contributed by atoms with Crippen molar-refractivity contribution in [1.82, 2.24) is 15.0 Å². The third-order valence-corrected chi connectivity index (χ3v) is 3.18. The van der Waals surface area contributed by atoms with Gasteiger partial charge in [-0.3, -0.25) is 0 Å². The van der Waals surface area contributed by atoms with Gasteiger partial charge in [0.05, 0.1) is 11.5 Å². The van der Waals surface area contributed by atoms with Crippen molar-refractivity contribution >= 4 is 23.4 Å². The van der Waals surface area contributed by atoms with Gasteiger partial charge in [-0.1, -0.05) is 6.92 Å². The first-order valence-corrected chi connectivity index (χ1v) is 6.95. The van der Waals surface area contributed by atoms with Crippen LogP contribution in [-0.4, -0.2) is 21.6 Å². The maximum absolute atomic E-state index is 13.5. The Hall–Kier alpha value is -1.47. The molecule has 0 unspecified atom stereocenters. The van der Waals surface area contributed by atoms with E-state index in [-0.39, 0.29) is 21.3 Å². The molecule has 0 amide bonds. The smallest absolute Gasteiger partial charge is 0.321 e. The molecule has 0 radical (unpaired) electrons. The Morgan fingerprint density at radius 1 is 1.25 bits per heavy atom. The molecule has 0 aliphatic heterocycles. The van der Waals surface area contributed by atoms with E-state index in [0.717, 1.165) is 30.3 Å². The van der Waals surface area contributed by atoms with E-state index in [0.29, 0.717) is 6.61 Å². The van der Waals surface area contributed by atoms with Crippen molar-refractivity contribution in [2.45, 2.75) is 23.4 Å². The van der Waals surface area contributed by atoms with Crippen molar-refractivity contribution in [2.75, 3.05) is 6.61 Å². The monoisotopic (exact) mass is 317 g/mol. The number of hydrogen-bond donors (Lipinski definition) is 0. The Morgan fingerprint density at radius 2 is 2.05 bits per heavy atom. The van der Waals surface area contributed by atoms with Gasteiger partial charge in [-0.15, -0.1) is 0 Å². The van der Waals surface area contributed by atoms with E-state index in [1.54, 1.807) is 0 Å². The number of rotatable bonds is 5. The predicted octanol–water partition coefficient (Wildman–Crippen LogP) is 3.74. The summed E-state index contributed by atoms with van der Waals surface area (Å²) in [5.41, 5.74) is 0. The van der Waals surface area contributed by atoms with E-state index in [9.17, 15) is 8.78 Å². The number of aromatic nitrogens is 3. The van der Waals surface area contributed by atoms with Gasteiger partial charge in [-0.2, -0.15) is 15.0 Å². The fraction of sp³-hybridized carbons (Fsp3) is 0.250. The van der Waals surface area contributed by atoms with Crippen LogP contribution in [0.3, 0.4) is 0 Å². The number of benzene rings is 1. The zero-order valence-corrected chi connectivity index (χ0v) is 12.0. The van der Waals surface area contributed by atoms with Crippen LogP contribution < -0.4 is 4.74 Å². The molecule has 0 saturated carbocycles. The third-order valence-electron chi connectivity index (χ3n) is 2.10. The molecule has 8 heteroatoms. The standard InChI is InChI=1S/C12H10ClF2N3OS/c1-2-5-19-11-16-10(13)17-12(18-11)20-9-4-3-7(14)6-8(9)15/h3-4,6H,2,5H2,1H3. The van der Waals surface area contributed by atoms with Crippen molar-refractivity contribution in [3.05, 3.63) is 35.1 Å². The Kier molecular flexibility index (Phi) is 5.08. The molecule has 4 nitrogen and oxygen atoms in total. The van der Waals surface area contributed by atoms with Crippen LogP contribution >= 0.6 is 23.4 Å². The van der Waals surface area contributed by atoms with Crippen LogP contribution in [0.5, 0.6) is 6.01 Å². The van der Waals surface area contributed by atoms with E-state index in [4.69, 9.17) is 16.3 Å². The molecular formula is C12H10ClF2N3OS. The molecule has 0 aliphatic carbocycles. The van der Waals surface area contributed by atoms with Crippen LogP contribution in [0.15, 0.2) is 28.3 Å². The van der Waals surface area contributed by atoms with Gasteiger partial charge in [0, 0.05) is 6.07 Å². The van der Waals surface area contributed by atoms with Crippen molar-refractivity contribution in [1.29, 1.82) is 0 Å². The minimum Gasteiger partial charge on any atom is -0.463 e. The van der Waals surface area contributed by atoms with E-state index in [1.807, 2.05) is 6.92 Å². The molecule has 0 saturated heterocycles. The fourth-order valence-corrected chi connectivity index (χ4v) is 2.22. The summed E-state index contributed by atoms with van der Waals surface area (Å²) >= 11 is 6.67. The van der Waals surface area contributed by atoms with Crippen LogP contribution in [0.1, 0.15) is 13.3 Å². The maximum atomic E-state index is 13.5. The van der Waals surface area contributed by atoms with Gasteiger partial charge >= 0.3 is 6.01 Å². The average molecular weight is 318 g/mol. The third kappa shape index (κ3) is 4.01. The topological polar surface area (TPSA) is 47.9 Å². The molecule has 1 heterocycles. The van der Waals surface area contributed by atoms with Crippen LogP contribution in [0.2, 0.25) is 5.28 Å². The first-order valence-electron chi connectivity index (χ1n) is 5.75. The number of halogens is 3. The van der Waals surface area contributed by atoms with Gasteiger partial charge in [0.2, 0.25) is 5.28 Å². The summed E-state index contributed by atoms with van der Waals surface area (Å²) in [6.07, 6.45) is 0.790. The van der Waals surface area contributed by atoms with Gasteiger partial charge in [-0.25, -0.2) is 8.78 Å². The molecule has 0 spiro atoms. The Morgan fingerprint density at radius 3 is 2.75 bits per heavy atom. The highest BCUT2D eigenvalue weighted by Gasteiger charge is 2.11. The molecular weight excluding hydrogens is 308 g/mol. The minimum absolute atomic E-state index is 0.0453. The summed E-state index contributed by atoms with van der Waals surface area (Å²) < 4.78 is 31.6. The normalized spacial score (nSPS) is 10.6. The average Bonchev–Trinajstić information content (AvgIpc) is 2.39. The second-order valence-corrected chi connectivity index (χ2v) is 5.04. The van der Waals surface area contributed by atoms with Crippen LogP contribution in [0.25, 0.3) is 0 Å².